The Labute approximate surface area is 256 Å². The average molecular weight is 593 g/mol. The maximum atomic E-state index is 12.9. The van der Waals surface area contributed by atoms with E-state index >= 15 is 0 Å². The molecule has 8 aromatic rings. The average Bonchev–Trinajstić information content (AvgIpc) is 3.46. The second-order valence-electron chi connectivity index (χ2n) is 11.0. The van der Waals surface area contributed by atoms with Gasteiger partial charge in [0.15, 0.2) is 0 Å². The lowest BCUT2D eigenvalue weighted by atomic mass is 9.97. The van der Waals surface area contributed by atoms with Crippen LogP contribution in [0.1, 0.15) is 5.56 Å². The molecule has 0 spiro atoms. The van der Waals surface area contributed by atoms with Gasteiger partial charge >= 0.3 is 6.18 Å². The third kappa shape index (κ3) is 5.00. The first-order chi connectivity index (χ1) is 21.9. The summed E-state index contributed by atoms with van der Waals surface area (Å²) in [5, 5.41) is 3.09. The molecule has 45 heavy (non-hydrogen) atoms. The standard InChI is InChI=1S/C39H23F3N2O/c40-39(41,42)33-16-13-25(14-17-33)24-3-5-27(6-4-24)30-11-12-31-20-32(23-44-36(31)22-30)28-9-7-26(8-10-28)29-15-18-37-35(21-29)34-2-1-19-43-38(34)45-37/h1-23H. The number of hydrogen-bond acceptors (Lipinski definition) is 3. The summed E-state index contributed by atoms with van der Waals surface area (Å²) in [6, 6.07) is 40.0. The van der Waals surface area contributed by atoms with E-state index in [2.05, 4.69) is 65.6 Å². The Hall–Kier alpha value is -5.75. The van der Waals surface area contributed by atoms with Crippen LogP contribution in [0.4, 0.5) is 13.2 Å². The fourth-order valence-electron chi connectivity index (χ4n) is 5.81. The van der Waals surface area contributed by atoms with Crippen LogP contribution in [-0.2, 0) is 6.18 Å². The lowest BCUT2D eigenvalue weighted by molar-refractivity contribution is -0.137. The number of hydrogen-bond donors (Lipinski definition) is 0. The molecule has 0 radical (unpaired) electrons. The highest BCUT2D eigenvalue weighted by molar-refractivity contribution is 6.05. The minimum absolute atomic E-state index is 0.644. The first-order valence-electron chi connectivity index (χ1n) is 14.5. The molecule has 0 N–H and O–H groups in total. The van der Waals surface area contributed by atoms with E-state index in [9.17, 15) is 13.2 Å². The van der Waals surface area contributed by atoms with Gasteiger partial charge in [-0.1, -0.05) is 78.9 Å². The number of furan rings is 1. The topological polar surface area (TPSA) is 38.9 Å². The van der Waals surface area contributed by atoms with Crippen LogP contribution in [0.25, 0.3) is 77.5 Å². The highest BCUT2D eigenvalue weighted by Crippen LogP contribution is 2.34. The van der Waals surface area contributed by atoms with Gasteiger partial charge in [0.25, 0.3) is 0 Å². The molecule has 0 bridgehead atoms. The Balaban J connectivity index is 1.02. The number of aromatic nitrogens is 2. The second-order valence-corrected chi connectivity index (χ2v) is 11.0. The van der Waals surface area contributed by atoms with Gasteiger partial charge in [-0.25, -0.2) is 4.98 Å². The Morgan fingerprint density at radius 2 is 1.04 bits per heavy atom. The van der Waals surface area contributed by atoms with Gasteiger partial charge in [-0.3, -0.25) is 4.98 Å². The van der Waals surface area contributed by atoms with Gasteiger partial charge in [-0.15, -0.1) is 0 Å². The Bertz CT molecular complexity index is 2340. The van der Waals surface area contributed by atoms with E-state index in [1.165, 1.54) is 12.1 Å². The Morgan fingerprint density at radius 1 is 0.489 bits per heavy atom. The largest absolute Gasteiger partial charge is 0.438 e. The van der Waals surface area contributed by atoms with Crippen molar-refractivity contribution in [1.29, 1.82) is 0 Å². The van der Waals surface area contributed by atoms with Crippen molar-refractivity contribution in [1.82, 2.24) is 9.97 Å². The van der Waals surface area contributed by atoms with E-state index in [0.717, 1.165) is 83.9 Å². The first-order valence-corrected chi connectivity index (χ1v) is 14.5. The van der Waals surface area contributed by atoms with Crippen molar-refractivity contribution in [3.63, 3.8) is 0 Å². The van der Waals surface area contributed by atoms with Crippen molar-refractivity contribution in [2.75, 3.05) is 0 Å². The summed E-state index contributed by atoms with van der Waals surface area (Å²) in [7, 11) is 0. The number of fused-ring (bicyclic) bond motifs is 4. The van der Waals surface area contributed by atoms with E-state index in [1.807, 2.05) is 48.7 Å². The fraction of sp³-hybridized carbons (Fsp3) is 0.0256. The van der Waals surface area contributed by atoms with Crippen LogP contribution in [0.5, 0.6) is 0 Å². The molecule has 3 nitrogen and oxygen atoms in total. The van der Waals surface area contributed by atoms with Crippen LogP contribution in [0, 0.1) is 0 Å². The molecule has 8 rings (SSSR count). The van der Waals surface area contributed by atoms with Crippen LogP contribution in [0.15, 0.2) is 144 Å². The number of nitrogens with zero attached hydrogens (tertiary/aromatic N) is 2. The summed E-state index contributed by atoms with van der Waals surface area (Å²) in [6.45, 7) is 0. The predicted octanol–water partition coefficient (Wildman–Crippen LogP) is 11.2. The smallest absolute Gasteiger partial charge is 0.416 e. The zero-order valence-electron chi connectivity index (χ0n) is 23.7. The molecule has 3 aromatic heterocycles. The molecular weight excluding hydrogens is 569 g/mol. The van der Waals surface area contributed by atoms with Gasteiger partial charge in [-0.05, 0) is 87.5 Å². The molecule has 0 fully saturated rings. The van der Waals surface area contributed by atoms with Crippen LogP contribution < -0.4 is 0 Å². The molecule has 0 aliphatic rings. The molecule has 0 saturated carbocycles. The summed E-state index contributed by atoms with van der Waals surface area (Å²) in [6.07, 6.45) is -0.713. The molecule has 3 heterocycles. The van der Waals surface area contributed by atoms with E-state index in [-0.39, 0.29) is 0 Å². The molecule has 216 valence electrons. The van der Waals surface area contributed by atoms with Crippen molar-refractivity contribution in [2.45, 2.75) is 6.18 Å². The van der Waals surface area contributed by atoms with E-state index in [4.69, 9.17) is 9.40 Å². The molecule has 5 aromatic carbocycles. The van der Waals surface area contributed by atoms with E-state index in [1.54, 1.807) is 6.20 Å². The number of benzene rings is 5. The van der Waals surface area contributed by atoms with Gasteiger partial charge < -0.3 is 4.42 Å². The SMILES string of the molecule is FC(F)(F)c1ccc(-c2ccc(-c3ccc4cc(-c5ccc(-c6ccc7oc8ncccc8c7c6)cc5)cnc4c3)cc2)cc1. The molecular formula is C39H23F3N2O. The minimum Gasteiger partial charge on any atom is -0.438 e. The third-order valence-corrected chi connectivity index (χ3v) is 8.25. The summed E-state index contributed by atoms with van der Waals surface area (Å²) in [4.78, 5) is 9.10. The maximum Gasteiger partial charge on any atom is 0.416 e. The molecule has 0 amide bonds. The minimum atomic E-state index is -4.34. The van der Waals surface area contributed by atoms with Gasteiger partial charge in [0, 0.05) is 34.1 Å². The second kappa shape index (κ2) is 10.5. The van der Waals surface area contributed by atoms with Crippen molar-refractivity contribution < 1.29 is 17.6 Å². The van der Waals surface area contributed by atoms with E-state index in [0.29, 0.717) is 5.71 Å². The van der Waals surface area contributed by atoms with Crippen molar-refractivity contribution >= 4 is 33.0 Å². The van der Waals surface area contributed by atoms with Crippen LogP contribution in [0.3, 0.4) is 0 Å². The highest BCUT2D eigenvalue weighted by Gasteiger charge is 2.30. The molecule has 0 aliphatic heterocycles. The van der Waals surface area contributed by atoms with Crippen molar-refractivity contribution in [3.05, 3.63) is 145 Å². The zero-order valence-corrected chi connectivity index (χ0v) is 23.7. The monoisotopic (exact) mass is 592 g/mol. The van der Waals surface area contributed by atoms with E-state index < -0.39 is 11.7 Å². The fourth-order valence-corrected chi connectivity index (χ4v) is 5.81. The number of halogens is 3. The summed E-state index contributed by atoms with van der Waals surface area (Å²) < 4.78 is 44.6. The molecule has 6 heteroatoms. The third-order valence-electron chi connectivity index (χ3n) is 8.25. The lowest BCUT2D eigenvalue weighted by Crippen LogP contribution is -2.03. The predicted molar refractivity (Wildman–Crippen MR) is 174 cm³/mol. The number of alkyl halides is 3. The van der Waals surface area contributed by atoms with Gasteiger partial charge in [0.1, 0.15) is 5.58 Å². The lowest BCUT2D eigenvalue weighted by Gasteiger charge is -2.09. The first kappa shape index (κ1) is 26.8. The Morgan fingerprint density at radius 3 is 1.71 bits per heavy atom. The van der Waals surface area contributed by atoms with Crippen molar-refractivity contribution in [3.8, 4) is 44.5 Å². The summed E-state index contributed by atoms with van der Waals surface area (Å²) in [5.74, 6) is 0. The Kier molecular flexibility index (Phi) is 6.24. The molecule has 0 saturated heterocycles. The van der Waals surface area contributed by atoms with Crippen molar-refractivity contribution in [2.24, 2.45) is 0 Å². The van der Waals surface area contributed by atoms with Crippen LogP contribution >= 0.6 is 0 Å². The normalized spacial score (nSPS) is 11.9. The van der Waals surface area contributed by atoms with Crippen LogP contribution in [0.2, 0.25) is 0 Å². The maximum absolute atomic E-state index is 12.9. The quantitative estimate of drug-likeness (QED) is 0.204. The molecule has 0 atom stereocenters. The van der Waals surface area contributed by atoms with Crippen LogP contribution in [-0.4, -0.2) is 9.97 Å². The zero-order chi connectivity index (χ0) is 30.5. The van der Waals surface area contributed by atoms with Gasteiger partial charge in [0.05, 0.1) is 11.1 Å². The number of pyridine rings is 2. The summed E-state index contributed by atoms with van der Waals surface area (Å²) >= 11 is 0. The summed E-state index contributed by atoms with van der Waals surface area (Å²) in [5.41, 5.74) is 9.65. The number of rotatable bonds is 4. The highest BCUT2D eigenvalue weighted by atomic mass is 19.4. The molecule has 0 aliphatic carbocycles. The van der Waals surface area contributed by atoms with Gasteiger partial charge in [-0.2, -0.15) is 13.2 Å². The van der Waals surface area contributed by atoms with Gasteiger partial charge in [0.2, 0.25) is 5.71 Å². The molecule has 0 unspecified atom stereocenters.